The quantitative estimate of drug-likeness (QED) is 0.916. The number of carbonyl (C=O) groups excluding carboxylic acids is 1. The Bertz CT molecular complexity index is 534. The van der Waals surface area contributed by atoms with Crippen LogP contribution in [0.1, 0.15) is 18.9 Å². The first-order valence-electron chi connectivity index (χ1n) is 9.03. The van der Waals surface area contributed by atoms with E-state index in [0.717, 1.165) is 45.8 Å². The smallest absolute Gasteiger partial charge is 0.320 e. The van der Waals surface area contributed by atoms with Gasteiger partial charge in [0.15, 0.2) is 0 Å². The molecule has 24 heavy (non-hydrogen) atoms. The van der Waals surface area contributed by atoms with Crippen molar-refractivity contribution in [2.45, 2.75) is 19.9 Å². The molecular weight excluding hydrogens is 300 g/mol. The number of benzene rings is 1. The lowest BCUT2D eigenvalue weighted by Crippen LogP contribution is -2.53. The number of piperazine rings is 1. The van der Waals surface area contributed by atoms with E-state index in [0.29, 0.717) is 12.0 Å². The van der Waals surface area contributed by atoms with Gasteiger partial charge in [-0.3, -0.25) is 4.90 Å². The molecule has 1 aromatic rings. The van der Waals surface area contributed by atoms with Crippen LogP contribution in [0.2, 0.25) is 0 Å². The standard InChI is InChI=1S/C19H30N4O/c1-19(8-9-20-15-19)16-22-10-12-23(13-11-22)18(24)21(2)14-17-6-4-3-5-7-17/h3-7,20H,8-16H2,1-2H3. The molecule has 2 fully saturated rings. The maximum Gasteiger partial charge on any atom is 0.320 e. The lowest BCUT2D eigenvalue weighted by atomic mass is 9.89. The highest BCUT2D eigenvalue weighted by Gasteiger charge is 2.32. The zero-order valence-electron chi connectivity index (χ0n) is 15.0. The maximum atomic E-state index is 12.6. The minimum atomic E-state index is 0.146. The lowest BCUT2D eigenvalue weighted by molar-refractivity contribution is 0.0946. The molecule has 0 aromatic heterocycles. The van der Waals surface area contributed by atoms with Crippen LogP contribution in [0, 0.1) is 5.41 Å². The van der Waals surface area contributed by atoms with Gasteiger partial charge in [0.25, 0.3) is 0 Å². The van der Waals surface area contributed by atoms with Gasteiger partial charge in [0.2, 0.25) is 0 Å². The van der Waals surface area contributed by atoms with Crippen molar-refractivity contribution in [3.8, 4) is 0 Å². The molecule has 2 saturated heterocycles. The lowest BCUT2D eigenvalue weighted by Gasteiger charge is -2.39. The van der Waals surface area contributed by atoms with E-state index in [2.05, 4.69) is 29.3 Å². The van der Waals surface area contributed by atoms with Crippen LogP contribution < -0.4 is 5.32 Å². The molecule has 1 unspecified atom stereocenters. The molecule has 2 amide bonds. The molecule has 0 radical (unpaired) electrons. The SMILES string of the molecule is CN(Cc1ccccc1)C(=O)N1CCN(CC2(C)CCNC2)CC1. The summed E-state index contributed by atoms with van der Waals surface area (Å²) in [6, 6.07) is 10.3. The molecule has 5 nitrogen and oxygen atoms in total. The molecular formula is C19H30N4O. The second-order valence-electron chi connectivity index (χ2n) is 7.62. The Hall–Kier alpha value is -1.59. The van der Waals surface area contributed by atoms with Gasteiger partial charge in [0, 0.05) is 52.9 Å². The van der Waals surface area contributed by atoms with Crippen molar-refractivity contribution in [1.82, 2.24) is 20.0 Å². The minimum absolute atomic E-state index is 0.146. The number of nitrogens with zero attached hydrogens (tertiary/aromatic N) is 3. The predicted octanol–water partition coefficient (Wildman–Crippen LogP) is 1.86. The summed E-state index contributed by atoms with van der Waals surface area (Å²) in [4.78, 5) is 19.0. The van der Waals surface area contributed by atoms with Crippen LogP contribution in [-0.2, 0) is 6.54 Å². The van der Waals surface area contributed by atoms with Crippen molar-refractivity contribution >= 4 is 6.03 Å². The van der Waals surface area contributed by atoms with E-state index in [9.17, 15) is 4.79 Å². The van der Waals surface area contributed by atoms with Crippen LogP contribution in [-0.4, -0.2) is 73.6 Å². The number of hydrogen-bond acceptors (Lipinski definition) is 3. The number of hydrogen-bond donors (Lipinski definition) is 1. The van der Waals surface area contributed by atoms with Gasteiger partial charge in [-0.2, -0.15) is 0 Å². The van der Waals surface area contributed by atoms with E-state index in [-0.39, 0.29) is 6.03 Å². The Morgan fingerprint density at radius 2 is 1.92 bits per heavy atom. The van der Waals surface area contributed by atoms with Crippen LogP contribution in [0.15, 0.2) is 30.3 Å². The van der Waals surface area contributed by atoms with Crippen molar-refractivity contribution in [2.75, 3.05) is 52.9 Å². The second-order valence-corrected chi connectivity index (χ2v) is 7.62. The van der Waals surface area contributed by atoms with E-state index in [1.54, 1.807) is 0 Å². The fourth-order valence-corrected chi connectivity index (χ4v) is 3.81. The van der Waals surface area contributed by atoms with Crippen molar-refractivity contribution in [3.05, 3.63) is 35.9 Å². The van der Waals surface area contributed by atoms with Gasteiger partial charge >= 0.3 is 6.03 Å². The Balaban J connectivity index is 1.46. The summed E-state index contributed by atoms with van der Waals surface area (Å²) in [5, 5.41) is 3.47. The molecule has 1 N–H and O–H groups in total. The Morgan fingerprint density at radius 3 is 2.54 bits per heavy atom. The Kier molecular flexibility index (Phi) is 5.41. The summed E-state index contributed by atoms with van der Waals surface area (Å²) in [5.74, 6) is 0. The molecule has 2 aliphatic heterocycles. The largest absolute Gasteiger partial charge is 0.323 e. The molecule has 1 atom stereocenters. The van der Waals surface area contributed by atoms with E-state index in [1.165, 1.54) is 12.0 Å². The zero-order valence-corrected chi connectivity index (χ0v) is 15.0. The third kappa shape index (κ3) is 4.28. The molecule has 132 valence electrons. The maximum absolute atomic E-state index is 12.6. The molecule has 1 aromatic carbocycles. The van der Waals surface area contributed by atoms with Gasteiger partial charge in [-0.05, 0) is 23.9 Å². The molecule has 0 bridgehead atoms. The van der Waals surface area contributed by atoms with Crippen LogP contribution in [0.4, 0.5) is 4.79 Å². The summed E-state index contributed by atoms with van der Waals surface area (Å²) in [5.41, 5.74) is 1.57. The van der Waals surface area contributed by atoms with Crippen LogP contribution in [0.5, 0.6) is 0 Å². The fraction of sp³-hybridized carbons (Fsp3) is 0.632. The van der Waals surface area contributed by atoms with Gasteiger partial charge in [0.1, 0.15) is 0 Å². The molecule has 2 heterocycles. The summed E-state index contributed by atoms with van der Waals surface area (Å²) < 4.78 is 0. The van der Waals surface area contributed by atoms with Gasteiger partial charge in [-0.15, -0.1) is 0 Å². The number of amides is 2. The van der Waals surface area contributed by atoms with Crippen molar-refractivity contribution in [2.24, 2.45) is 5.41 Å². The predicted molar refractivity (Wildman–Crippen MR) is 96.9 cm³/mol. The van der Waals surface area contributed by atoms with Gasteiger partial charge in [-0.25, -0.2) is 4.79 Å². The highest BCUT2D eigenvalue weighted by atomic mass is 16.2. The first-order valence-corrected chi connectivity index (χ1v) is 9.03. The van der Waals surface area contributed by atoms with E-state index < -0.39 is 0 Å². The first kappa shape index (κ1) is 17.2. The molecule has 3 rings (SSSR count). The van der Waals surface area contributed by atoms with E-state index >= 15 is 0 Å². The molecule has 2 aliphatic rings. The van der Waals surface area contributed by atoms with Crippen LogP contribution in [0.3, 0.4) is 0 Å². The topological polar surface area (TPSA) is 38.8 Å². The zero-order chi connectivity index (χ0) is 17.0. The minimum Gasteiger partial charge on any atom is -0.323 e. The Labute approximate surface area is 145 Å². The number of nitrogens with one attached hydrogen (secondary N) is 1. The monoisotopic (exact) mass is 330 g/mol. The van der Waals surface area contributed by atoms with Gasteiger partial charge in [-0.1, -0.05) is 37.3 Å². The van der Waals surface area contributed by atoms with Crippen molar-refractivity contribution in [1.29, 1.82) is 0 Å². The average molecular weight is 330 g/mol. The third-order valence-corrected chi connectivity index (χ3v) is 5.29. The highest BCUT2D eigenvalue weighted by Crippen LogP contribution is 2.26. The second kappa shape index (κ2) is 7.53. The summed E-state index contributed by atoms with van der Waals surface area (Å²) >= 11 is 0. The molecule has 5 heteroatoms. The molecule has 0 spiro atoms. The van der Waals surface area contributed by atoms with E-state index in [4.69, 9.17) is 0 Å². The van der Waals surface area contributed by atoms with Crippen molar-refractivity contribution < 1.29 is 4.79 Å². The normalized spacial score (nSPS) is 25.0. The first-order chi connectivity index (χ1) is 11.6. The average Bonchev–Trinajstić information content (AvgIpc) is 3.02. The number of rotatable bonds is 4. The van der Waals surface area contributed by atoms with Gasteiger partial charge in [0.05, 0.1) is 0 Å². The van der Waals surface area contributed by atoms with E-state index in [1.807, 2.05) is 35.0 Å². The third-order valence-electron chi connectivity index (χ3n) is 5.29. The van der Waals surface area contributed by atoms with Gasteiger partial charge < -0.3 is 15.1 Å². The number of urea groups is 1. The molecule has 0 saturated carbocycles. The number of carbonyl (C=O) groups is 1. The summed E-state index contributed by atoms with van der Waals surface area (Å²) in [7, 11) is 1.90. The highest BCUT2D eigenvalue weighted by molar-refractivity contribution is 5.74. The molecule has 0 aliphatic carbocycles. The fourth-order valence-electron chi connectivity index (χ4n) is 3.81. The summed E-state index contributed by atoms with van der Waals surface area (Å²) in [6.07, 6.45) is 1.26. The van der Waals surface area contributed by atoms with Crippen molar-refractivity contribution in [3.63, 3.8) is 0 Å². The summed E-state index contributed by atoms with van der Waals surface area (Å²) in [6.45, 7) is 10.1. The van der Waals surface area contributed by atoms with Crippen LogP contribution in [0.25, 0.3) is 0 Å². The Morgan fingerprint density at radius 1 is 1.21 bits per heavy atom. The van der Waals surface area contributed by atoms with Crippen LogP contribution >= 0.6 is 0 Å².